The molecule has 1 atom stereocenters. The van der Waals surface area contributed by atoms with Crippen LogP contribution in [0.5, 0.6) is 0 Å². The number of halogens is 2. The average molecular weight is 434 g/mol. The van der Waals surface area contributed by atoms with E-state index in [1.807, 2.05) is 55.5 Å². The minimum atomic E-state index is -0.0809. The highest BCUT2D eigenvalue weighted by Gasteiger charge is 2.12. The molecule has 0 aliphatic heterocycles. The van der Waals surface area contributed by atoms with Gasteiger partial charge in [-0.25, -0.2) is 4.98 Å². The van der Waals surface area contributed by atoms with Gasteiger partial charge in [-0.2, -0.15) is 0 Å². The molecule has 0 fully saturated rings. The summed E-state index contributed by atoms with van der Waals surface area (Å²) in [5, 5.41) is 3.65. The van der Waals surface area contributed by atoms with E-state index in [0.717, 1.165) is 15.6 Å². The Hall–Kier alpha value is -2.11. The zero-order chi connectivity index (χ0) is 18.5. The maximum absolute atomic E-state index is 12.2. The number of amides is 1. The minimum Gasteiger partial charge on any atom is -0.441 e. The topological polar surface area (TPSA) is 55.1 Å². The van der Waals surface area contributed by atoms with Crippen molar-refractivity contribution < 1.29 is 9.21 Å². The maximum Gasteiger partial charge on any atom is 0.220 e. The Kier molecular flexibility index (Phi) is 6.12. The van der Waals surface area contributed by atoms with E-state index in [4.69, 9.17) is 16.0 Å². The monoisotopic (exact) mass is 432 g/mol. The fourth-order valence-electron chi connectivity index (χ4n) is 2.54. The van der Waals surface area contributed by atoms with Gasteiger partial charge in [0.05, 0.1) is 12.2 Å². The van der Waals surface area contributed by atoms with Crippen LogP contribution in [0.1, 0.15) is 30.8 Å². The molecule has 3 rings (SSSR count). The van der Waals surface area contributed by atoms with Gasteiger partial charge in [0.2, 0.25) is 5.91 Å². The van der Waals surface area contributed by atoms with Crippen LogP contribution in [0.25, 0.3) is 11.3 Å². The van der Waals surface area contributed by atoms with Crippen molar-refractivity contribution in [3.8, 4) is 11.3 Å². The fourth-order valence-corrected chi connectivity index (χ4v) is 2.93. The molecule has 0 unspecified atom stereocenters. The molecule has 0 bridgehead atoms. The first-order chi connectivity index (χ1) is 12.5. The molecule has 0 saturated carbocycles. The molecule has 0 aliphatic rings. The number of nitrogens with zero attached hydrogens (tertiary/aromatic N) is 1. The van der Waals surface area contributed by atoms with Crippen LogP contribution < -0.4 is 5.32 Å². The summed E-state index contributed by atoms with van der Waals surface area (Å²) in [7, 11) is 0. The summed E-state index contributed by atoms with van der Waals surface area (Å²) in [6.45, 7) is 1.94. The van der Waals surface area contributed by atoms with Gasteiger partial charge in [0.15, 0.2) is 11.7 Å². The molecule has 0 radical (unpaired) electrons. The SMILES string of the molecule is C[C@@H](NC(=O)CCc1ncc(-c2ccc(Br)cc2)o1)c1ccc(Cl)cc1. The van der Waals surface area contributed by atoms with E-state index in [1.54, 1.807) is 6.20 Å². The van der Waals surface area contributed by atoms with Gasteiger partial charge in [0.1, 0.15) is 0 Å². The second-order valence-corrected chi connectivity index (χ2v) is 7.32. The number of carbonyl (C=O) groups is 1. The number of hydrogen-bond acceptors (Lipinski definition) is 3. The van der Waals surface area contributed by atoms with Crippen LogP contribution in [0.4, 0.5) is 0 Å². The first-order valence-electron chi connectivity index (χ1n) is 8.27. The van der Waals surface area contributed by atoms with Crippen molar-refractivity contribution in [1.82, 2.24) is 10.3 Å². The molecular formula is C20H18BrClN2O2. The number of carbonyl (C=O) groups excluding carboxylic acids is 1. The lowest BCUT2D eigenvalue weighted by Crippen LogP contribution is -2.26. The molecule has 3 aromatic rings. The van der Waals surface area contributed by atoms with Crippen molar-refractivity contribution in [3.05, 3.63) is 75.7 Å². The number of nitrogens with one attached hydrogen (secondary N) is 1. The second-order valence-electron chi connectivity index (χ2n) is 5.97. The van der Waals surface area contributed by atoms with E-state index in [0.29, 0.717) is 29.5 Å². The summed E-state index contributed by atoms with van der Waals surface area (Å²) in [5.74, 6) is 1.20. The Labute approximate surface area is 165 Å². The van der Waals surface area contributed by atoms with Crippen molar-refractivity contribution in [2.24, 2.45) is 0 Å². The van der Waals surface area contributed by atoms with E-state index in [1.165, 1.54) is 0 Å². The largest absolute Gasteiger partial charge is 0.441 e. The van der Waals surface area contributed by atoms with Crippen molar-refractivity contribution in [2.45, 2.75) is 25.8 Å². The molecular weight excluding hydrogens is 416 g/mol. The maximum atomic E-state index is 12.2. The Morgan fingerprint density at radius 1 is 1.19 bits per heavy atom. The first-order valence-corrected chi connectivity index (χ1v) is 9.44. The number of aryl methyl sites for hydroxylation is 1. The van der Waals surface area contributed by atoms with Crippen LogP contribution in [0.3, 0.4) is 0 Å². The summed E-state index contributed by atoms with van der Waals surface area (Å²) < 4.78 is 6.75. The smallest absolute Gasteiger partial charge is 0.220 e. The highest BCUT2D eigenvalue weighted by molar-refractivity contribution is 9.10. The standard InChI is InChI=1S/C20H18BrClN2O2/c1-13(14-4-8-17(22)9-5-14)24-19(25)10-11-20-23-12-18(26-20)15-2-6-16(21)7-3-15/h2-9,12-13H,10-11H2,1H3,(H,24,25)/t13-/m1/s1. The van der Waals surface area contributed by atoms with E-state index in [9.17, 15) is 4.79 Å². The number of aromatic nitrogens is 1. The highest BCUT2D eigenvalue weighted by Crippen LogP contribution is 2.23. The molecule has 4 nitrogen and oxygen atoms in total. The number of rotatable bonds is 6. The van der Waals surface area contributed by atoms with Gasteiger partial charge in [-0.05, 0) is 36.8 Å². The molecule has 1 amide bonds. The Balaban J connectivity index is 1.53. The second kappa shape index (κ2) is 8.52. The summed E-state index contributed by atoms with van der Waals surface area (Å²) in [4.78, 5) is 16.4. The lowest BCUT2D eigenvalue weighted by atomic mass is 10.1. The van der Waals surface area contributed by atoms with E-state index >= 15 is 0 Å². The normalized spacial score (nSPS) is 12.0. The third kappa shape index (κ3) is 4.96. The average Bonchev–Trinajstić information content (AvgIpc) is 3.10. The Morgan fingerprint density at radius 3 is 2.58 bits per heavy atom. The first kappa shape index (κ1) is 18.7. The quantitative estimate of drug-likeness (QED) is 0.553. The summed E-state index contributed by atoms with van der Waals surface area (Å²) >= 11 is 9.29. The predicted molar refractivity (Wildman–Crippen MR) is 106 cm³/mol. The zero-order valence-electron chi connectivity index (χ0n) is 14.2. The van der Waals surface area contributed by atoms with E-state index < -0.39 is 0 Å². The molecule has 0 aliphatic carbocycles. The summed E-state index contributed by atoms with van der Waals surface area (Å²) in [6, 6.07) is 15.2. The molecule has 0 spiro atoms. The summed E-state index contributed by atoms with van der Waals surface area (Å²) in [6.07, 6.45) is 2.46. The molecule has 1 aromatic heterocycles. The molecule has 1 N–H and O–H groups in total. The lowest BCUT2D eigenvalue weighted by molar-refractivity contribution is -0.121. The third-order valence-electron chi connectivity index (χ3n) is 4.00. The molecule has 2 aromatic carbocycles. The van der Waals surface area contributed by atoms with Gasteiger partial charge in [0.25, 0.3) is 0 Å². The van der Waals surface area contributed by atoms with Gasteiger partial charge in [0, 0.05) is 27.9 Å². The van der Waals surface area contributed by atoms with Crippen molar-refractivity contribution in [1.29, 1.82) is 0 Å². The molecule has 26 heavy (non-hydrogen) atoms. The highest BCUT2D eigenvalue weighted by atomic mass is 79.9. The zero-order valence-corrected chi connectivity index (χ0v) is 16.5. The van der Waals surface area contributed by atoms with Gasteiger partial charge in [-0.1, -0.05) is 51.8 Å². The van der Waals surface area contributed by atoms with Crippen molar-refractivity contribution >= 4 is 33.4 Å². The van der Waals surface area contributed by atoms with Gasteiger partial charge >= 0.3 is 0 Å². The Morgan fingerprint density at radius 2 is 1.88 bits per heavy atom. The minimum absolute atomic E-state index is 0.0455. The van der Waals surface area contributed by atoms with Gasteiger partial charge in [-0.15, -0.1) is 0 Å². The van der Waals surface area contributed by atoms with E-state index in [2.05, 4.69) is 26.2 Å². The molecule has 134 valence electrons. The number of benzene rings is 2. The fraction of sp³-hybridized carbons (Fsp3) is 0.200. The predicted octanol–water partition coefficient (Wildman–Crippen LogP) is 5.57. The Bertz CT molecular complexity index is 876. The van der Waals surface area contributed by atoms with Crippen LogP contribution in [0.15, 0.2) is 63.6 Å². The number of hydrogen-bond donors (Lipinski definition) is 1. The number of oxazole rings is 1. The summed E-state index contributed by atoms with van der Waals surface area (Å²) in [5.41, 5.74) is 1.96. The van der Waals surface area contributed by atoms with Gasteiger partial charge in [-0.3, -0.25) is 4.79 Å². The third-order valence-corrected chi connectivity index (χ3v) is 4.78. The molecule has 1 heterocycles. The van der Waals surface area contributed by atoms with Crippen molar-refractivity contribution in [2.75, 3.05) is 0 Å². The van der Waals surface area contributed by atoms with Crippen LogP contribution in [-0.4, -0.2) is 10.9 Å². The van der Waals surface area contributed by atoms with Crippen LogP contribution in [0, 0.1) is 0 Å². The van der Waals surface area contributed by atoms with Crippen LogP contribution in [-0.2, 0) is 11.2 Å². The molecule has 6 heteroatoms. The van der Waals surface area contributed by atoms with Gasteiger partial charge < -0.3 is 9.73 Å². The van der Waals surface area contributed by atoms with Crippen LogP contribution >= 0.6 is 27.5 Å². The lowest BCUT2D eigenvalue weighted by Gasteiger charge is -2.14. The van der Waals surface area contributed by atoms with E-state index in [-0.39, 0.29) is 11.9 Å². The van der Waals surface area contributed by atoms with Crippen molar-refractivity contribution in [3.63, 3.8) is 0 Å². The van der Waals surface area contributed by atoms with Crippen LogP contribution in [0.2, 0.25) is 5.02 Å². The molecule has 0 saturated heterocycles.